The fourth-order valence-corrected chi connectivity index (χ4v) is 6.77. The molecule has 46 heavy (non-hydrogen) atoms. The van der Waals surface area contributed by atoms with Crippen molar-refractivity contribution in [3.05, 3.63) is 112 Å². The third-order valence-electron chi connectivity index (χ3n) is 8.30. The fraction of sp³-hybridized carbons (Fsp3) is 0.297. The van der Waals surface area contributed by atoms with Crippen LogP contribution in [0.4, 0.5) is 8.78 Å². The maximum atomic E-state index is 15.5. The second-order valence-corrected chi connectivity index (χ2v) is 12.4. The van der Waals surface area contributed by atoms with Crippen LogP contribution in [0.25, 0.3) is 29.1 Å². The molecule has 0 spiro atoms. The predicted molar refractivity (Wildman–Crippen MR) is 180 cm³/mol. The van der Waals surface area contributed by atoms with Gasteiger partial charge >= 0.3 is 5.97 Å². The molecule has 1 aliphatic heterocycles. The van der Waals surface area contributed by atoms with E-state index in [4.69, 9.17) is 9.47 Å². The first-order valence-electron chi connectivity index (χ1n) is 15.8. The zero-order valence-corrected chi connectivity index (χ0v) is 26.5. The van der Waals surface area contributed by atoms with Gasteiger partial charge in [-0.15, -0.1) is 11.8 Å². The van der Waals surface area contributed by atoms with Gasteiger partial charge in [0.15, 0.2) is 12.3 Å². The number of thioether (sulfide) groups is 1. The molecular weight excluding hydrogens is 604 g/mol. The molecule has 2 aromatic carbocycles. The lowest BCUT2D eigenvalue weighted by Crippen LogP contribution is -2.42. The summed E-state index contributed by atoms with van der Waals surface area (Å²) in [6.07, 6.45) is 13.1. The number of rotatable bonds is 4. The third-order valence-corrected chi connectivity index (χ3v) is 9.15. The minimum atomic E-state index is -1.39. The van der Waals surface area contributed by atoms with Crippen molar-refractivity contribution >= 4 is 35.5 Å². The number of esters is 1. The summed E-state index contributed by atoms with van der Waals surface area (Å²) >= 11 is 1.71. The zero-order valence-electron chi connectivity index (χ0n) is 25.7. The van der Waals surface area contributed by atoms with Crippen LogP contribution in [0.3, 0.4) is 0 Å². The summed E-state index contributed by atoms with van der Waals surface area (Å²) < 4.78 is 42.1. The van der Waals surface area contributed by atoms with Crippen molar-refractivity contribution < 1.29 is 23.0 Å². The summed E-state index contributed by atoms with van der Waals surface area (Å²) in [5, 5.41) is 3.65. The topological polar surface area (TPSA) is 80.0 Å². The molecule has 0 saturated heterocycles. The van der Waals surface area contributed by atoms with Crippen molar-refractivity contribution in [2.24, 2.45) is 0 Å². The van der Waals surface area contributed by atoms with Crippen molar-refractivity contribution in [1.82, 2.24) is 15.0 Å². The number of imidazole rings is 1. The number of hydrogen-bond acceptors (Lipinski definition) is 5. The fourth-order valence-electron chi connectivity index (χ4n) is 6.02. The van der Waals surface area contributed by atoms with E-state index in [0.29, 0.717) is 18.2 Å². The molecule has 0 fully saturated rings. The summed E-state index contributed by atoms with van der Waals surface area (Å²) in [6, 6.07) is 14.4. The molecule has 2 aromatic heterocycles. The Morgan fingerprint density at radius 3 is 2.93 bits per heavy atom. The number of halogens is 2. The van der Waals surface area contributed by atoms with Gasteiger partial charge in [-0.1, -0.05) is 43.5 Å². The number of carbonyl (C=O) groups excluding carboxylic acids is 1. The highest BCUT2D eigenvalue weighted by Crippen LogP contribution is 2.34. The molecular formula is C37H37F2N3O3S. The molecule has 4 bridgehead atoms. The predicted octanol–water partition coefficient (Wildman–Crippen LogP) is 7.19. The lowest BCUT2D eigenvalue weighted by atomic mass is 9.89. The van der Waals surface area contributed by atoms with Gasteiger partial charge in [-0.05, 0) is 84.5 Å². The van der Waals surface area contributed by atoms with Crippen molar-refractivity contribution in [3.63, 3.8) is 0 Å². The van der Waals surface area contributed by atoms with Gasteiger partial charge in [-0.3, -0.25) is 0 Å². The van der Waals surface area contributed by atoms with Gasteiger partial charge in [0.25, 0.3) is 0 Å². The van der Waals surface area contributed by atoms with Crippen molar-refractivity contribution in [1.29, 1.82) is 0 Å². The van der Waals surface area contributed by atoms with Crippen LogP contribution in [0, 0.1) is 5.82 Å². The number of H-pyrrole nitrogens is 2. The second kappa shape index (κ2) is 14.8. The van der Waals surface area contributed by atoms with Gasteiger partial charge in [0.05, 0.1) is 12.2 Å². The van der Waals surface area contributed by atoms with E-state index in [1.165, 1.54) is 24.3 Å². The first kappa shape index (κ1) is 31.6. The number of fused-ring (bicyclic) bond motifs is 7. The van der Waals surface area contributed by atoms with E-state index in [9.17, 15) is 4.79 Å². The Morgan fingerprint density at radius 2 is 2.04 bits per heavy atom. The van der Waals surface area contributed by atoms with E-state index in [0.717, 1.165) is 70.8 Å². The molecule has 238 valence electrons. The average molecular weight is 642 g/mol. The molecule has 2 aliphatic rings. The molecule has 0 saturated carbocycles. The van der Waals surface area contributed by atoms with E-state index in [-0.39, 0.29) is 17.5 Å². The van der Waals surface area contributed by atoms with Gasteiger partial charge in [0.1, 0.15) is 17.4 Å². The van der Waals surface area contributed by atoms with Gasteiger partial charge in [0, 0.05) is 46.2 Å². The van der Waals surface area contributed by atoms with E-state index < -0.39 is 18.1 Å². The van der Waals surface area contributed by atoms with Crippen LogP contribution >= 0.6 is 11.8 Å². The molecule has 1 aliphatic carbocycles. The minimum Gasteiger partial charge on any atom is -0.482 e. The largest absolute Gasteiger partial charge is 0.482 e. The van der Waals surface area contributed by atoms with Crippen LogP contribution < -0.4 is 15.3 Å². The van der Waals surface area contributed by atoms with E-state index >= 15 is 8.78 Å². The Labute approximate surface area is 271 Å². The Hall–Kier alpha value is -4.37. The smallest absolute Gasteiger partial charge is 0.330 e. The Morgan fingerprint density at radius 1 is 1.15 bits per heavy atom. The van der Waals surface area contributed by atoms with Crippen LogP contribution in [0.5, 0.6) is 5.75 Å². The number of alkyl halides is 1. The number of benzene rings is 2. The lowest BCUT2D eigenvalue weighted by Gasteiger charge is -2.24. The number of ether oxygens (including phenoxy) is 2. The second-order valence-electron chi connectivity index (χ2n) is 11.4. The quantitative estimate of drug-likeness (QED) is 0.182. The van der Waals surface area contributed by atoms with Crippen LogP contribution in [-0.4, -0.2) is 45.6 Å². The molecule has 6 rings (SSSR count). The first-order chi connectivity index (χ1) is 22.5. The minimum absolute atomic E-state index is 0.0168. The summed E-state index contributed by atoms with van der Waals surface area (Å²) in [4.78, 5) is 23.0. The SMILES string of the molecule is CCOC(=O)/C=C/c1cccc(C2CCCCCCS/C=C/C3=c4cc[nH]c4=CC(F)C3Oc3ccc(F)c(c3)-c3ncc2[nH]3)c1. The number of nitrogens with zero attached hydrogens (tertiary/aromatic N) is 1. The number of aromatic amines is 2. The summed E-state index contributed by atoms with van der Waals surface area (Å²) in [5.74, 6) is 0.832. The van der Waals surface area contributed by atoms with Crippen molar-refractivity contribution in [3.8, 4) is 17.1 Å². The monoisotopic (exact) mass is 641 g/mol. The van der Waals surface area contributed by atoms with Gasteiger partial charge < -0.3 is 19.4 Å². The molecule has 6 nitrogen and oxygen atoms in total. The molecule has 3 heterocycles. The third kappa shape index (κ3) is 7.36. The number of carbonyl (C=O) groups is 1. The molecule has 4 aromatic rings. The highest BCUT2D eigenvalue weighted by atomic mass is 32.2. The van der Waals surface area contributed by atoms with Gasteiger partial charge in [-0.2, -0.15) is 0 Å². The molecule has 2 N–H and O–H groups in total. The maximum absolute atomic E-state index is 15.5. The summed E-state index contributed by atoms with van der Waals surface area (Å²) in [7, 11) is 0. The van der Waals surface area contributed by atoms with E-state index in [1.807, 2.05) is 29.7 Å². The Kier molecular flexibility index (Phi) is 10.2. The highest BCUT2D eigenvalue weighted by Gasteiger charge is 2.29. The van der Waals surface area contributed by atoms with Crippen LogP contribution in [0.2, 0.25) is 0 Å². The number of aromatic nitrogens is 3. The van der Waals surface area contributed by atoms with Crippen LogP contribution in [0.1, 0.15) is 61.8 Å². The molecule has 0 radical (unpaired) electrons. The molecule has 3 atom stereocenters. The lowest BCUT2D eigenvalue weighted by molar-refractivity contribution is -0.137. The van der Waals surface area contributed by atoms with Gasteiger partial charge in [-0.25, -0.2) is 18.6 Å². The average Bonchev–Trinajstić information content (AvgIpc) is 3.73. The Balaban J connectivity index is 1.34. The van der Waals surface area contributed by atoms with Crippen LogP contribution in [0.15, 0.2) is 78.5 Å². The standard InChI is InChI=1S/C37H37F2N3O3S/c1-2-44-35(43)14-11-24-8-7-9-25(20-24)27-10-5-3-4-6-18-46-19-16-29-28-15-17-40-33(28)22-32(39)36(29)45-26-12-13-31(38)30(21-26)37-41-23-34(27)42-37/h7-9,11-17,19-23,27,32,36,40H,2-6,10,18H2,1H3,(H,41,42)/b14-11+,19-16+. The number of hydrogen-bond donors (Lipinski definition) is 2. The van der Waals surface area contributed by atoms with Crippen molar-refractivity contribution in [2.45, 2.75) is 57.2 Å². The van der Waals surface area contributed by atoms with Crippen molar-refractivity contribution in [2.75, 3.05) is 12.4 Å². The molecule has 3 unspecified atom stereocenters. The Bertz CT molecular complexity index is 1860. The maximum Gasteiger partial charge on any atom is 0.330 e. The molecule has 0 amide bonds. The number of nitrogens with one attached hydrogen (secondary N) is 2. The molecule has 9 heteroatoms. The first-order valence-corrected chi connectivity index (χ1v) is 16.8. The van der Waals surface area contributed by atoms with Gasteiger partial charge in [0.2, 0.25) is 0 Å². The van der Waals surface area contributed by atoms with Crippen LogP contribution in [-0.2, 0) is 9.53 Å². The summed E-state index contributed by atoms with van der Waals surface area (Å²) in [5.41, 5.74) is 3.81. The zero-order chi connectivity index (χ0) is 31.9. The van der Waals surface area contributed by atoms with E-state index in [1.54, 1.807) is 43.2 Å². The highest BCUT2D eigenvalue weighted by molar-refractivity contribution is 8.02. The van der Waals surface area contributed by atoms with E-state index in [2.05, 4.69) is 27.1 Å². The summed E-state index contributed by atoms with van der Waals surface area (Å²) in [6.45, 7) is 2.10. The normalized spacial score (nSPS) is 21.1.